The third-order valence-corrected chi connectivity index (χ3v) is 12.1. The molecule has 5 aliphatic rings. The Morgan fingerprint density at radius 3 is 2.53 bits per heavy atom. The maximum atomic E-state index is 14.3. The number of carbonyl (C=O) groups is 5. The van der Waals surface area contributed by atoms with Crippen LogP contribution in [0.15, 0.2) is 30.4 Å². The second kappa shape index (κ2) is 14.0. The summed E-state index contributed by atoms with van der Waals surface area (Å²) in [7, 11) is -3.88. The van der Waals surface area contributed by atoms with Gasteiger partial charge in [-0.1, -0.05) is 58.4 Å². The second-order valence-corrected chi connectivity index (χ2v) is 17.1. The van der Waals surface area contributed by atoms with E-state index in [0.717, 1.165) is 11.1 Å². The van der Waals surface area contributed by atoms with Crippen molar-refractivity contribution in [3.63, 3.8) is 0 Å². The van der Waals surface area contributed by atoms with E-state index in [-0.39, 0.29) is 51.6 Å². The first-order valence-corrected chi connectivity index (χ1v) is 19.1. The van der Waals surface area contributed by atoms with Gasteiger partial charge >= 0.3 is 12.2 Å². The Kier molecular flexibility index (Phi) is 10.0. The molecule has 0 radical (unpaired) electrons. The van der Waals surface area contributed by atoms with E-state index >= 15 is 0 Å². The number of cyclic esters (lactones) is 1. The third kappa shape index (κ3) is 7.80. The predicted molar refractivity (Wildman–Crippen MR) is 182 cm³/mol. The first-order valence-electron chi connectivity index (χ1n) is 17.6. The molecule has 1 aromatic rings. The molecule has 2 aliphatic carbocycles. The summed E-state index contributed by atoms with van der Waals surface area (Å²) in [5.41, 5.74) is -0.538. The molecule has 4 bridgehead atoms. The molecule has 0 aromatic heterocycles. The fourth-order valence-corrected chi connectivity index (χ4v) is 8.42. The number of alkyl carbamates (subject to hydrolysis) is 1. The van der Waals surface area contributed by atoms with Crippen molar-refractivity contribution in [2.24, 2.45) is 11.3 Å². The van der Waals surface area contributed by atoms with Gasteiger partial charge in [0.2, 0.25) is 21.8 Å². The number of carbonyl (C=O) groups excluding carboxylic acids is 5. The van der Waals surface area contributed by atoms with Crippen LogP contribution in [0.4, 0.5) is 9.59 Å². The number of nitrogens with zero attached hydrogens (tertiary/aromatic N) is 2. The standard InChI is InChI=1S/C35H47N5O10S/c1-5-22-17-35(22,31(43)38-51(46,47)24-12-13-24)37-29(41)26-16-23-19-40(26)30(42)28(34(2,3)4)36-32(44)49-15-8-6-7-14-48-27-11-9-10-21-18-39(20-25(21)27)33(45)50-23/h6-7,9-11,22-24,26,28H,5,8,12-20H2,1-4H3,(H,36,44)(H,37,41)(H,38,43)/b7-6+/t22-,23+,26?,28+,35-/m0/s1. The lowest BCUT2D eigenvalue weighted by molar-refractivity contribution is -0.143. The molecule has 51 heavy (non-hydrogen) atoms. The minimum Gasteiger partial charge on any atom is -0.489 e. The number of amides is 5. The topological polar surface area (TPSA) is 190 Å². The van der Waals surface area contributed by atoms with Crippen molar-refractivity contribution in [2.75, 3.05) is 19.8 Å². The number of hydrogen-bond donors (Lipinski definition) is 3. The lowest BCUT2D eigenvalue weighted by atomic mass is 9.85. The van der Waals surface area contributed by atoms with E-state index in [1.54, 1.807) is 20.8 Å². The summed E-state index contributed by atoms with van der Waals surface area (Å²) < 4.78 is 44.7. The van der Waals surface area contributed by atoms with E-state index < -0.39 is 74.3 Å². The molecular weight excluding hydrogens is 682 g/mol. The quantitative estimate of drug-likeness (QED) is 0.367. The zero-order valence-electron chi connectivity index (χ0n) is 29.4. The first-order chi connectivity index (χ1) is 24.1. The summed E-state index contributed by atoms with van der Waals surface area (Å²) in [4.78, 5) is 71.2. The van der Waals surface area contributed by atoms with Crippen LogP contribution in [-0.2, 0) is 47.0 Å². The smallest absolute Gasteiger partial charge is 0.410 e. The van der Waals surface area contributed by atoms with Gasteiger partial charge in [0.05, 0.1) is 24.9 Å². The van der Waals surface area contributed by atoms with Gasteiger partial charge in [0.15, 0.2) is 0 Å². The Morgan fingerprint density at radius 1 is 1.08 bits per heavy atom. The van der Waals surface area contributed by atoms with Gasteiger partial charge in [0.25, 0.3) is 5.91 Å². The van der Waals surface area contributed by atoms with Crippen LogP contribution < -0.4 is 20.1 Å². The molecule has 2 saturated carbocycles. The summed E-state index contributed by atoms with van der Waals surface area (Å²) >= 11 is 0. The Balaban J connectivity index is 1.27. The van der Waals surface area contributed by atoms with Gasteiger partial charge < -0.3 is 29.7 Å². The highest BCUT2D eigenvalue weighted by Crippen LogP contribution is 2.47. The summed E-state index contributed by atoms with van der Waals surface area (Å²) in [6.45, 7) is 7.82. The summed E-state index contributed by atoms with van der Waals surface area (Å²) in [6, 6.07) is 3.25. The molecular formula is C35H47N5O10S. The molecule has 15 nitrogen and oxygen atoms in total. The number of benzene rings is 1. The number of sulfonamides is 1. The van der Waals surface area contributed by atoms with Gasteiger partial charge in [-0.2, -0.15) is 0 Å². The molecule has 3 fully saturated rings. The monoisotopic (exact) mass is 729 g/mol. The van der Waals surface area contributed by atoms with Crippen molar-refractivity contribution >= 4 is 39.9 Å². The second-order valence-electron chi connectivity index (χ2n) is 15.1. The highest BCUT2D eigenvalue weighted by molar-refractivity contribution is 7.91. The molecule has 278 valence electrons. The lowest BCUT2D eigenvalue weighted by Gasteiger charge is -2.35. The van der Waals surface area contributed by atoms with Crippen LogP contribution in [0.2, 0.25) is 0 Å². The number of ether oxygens (including phenoxy) is 3. The number of hydrogen-bond acceptors (Lipinski definition) is 10. The Morgan fingerprint density at radius 2 is 1.84 bits per heavy atom. The summed E-state index contributed by atoms with van der Waals surface area (Å²) in [5.74, 6) is -1.77. The van der Waals surface area contributed by atoms with Crippen molar-refractivity contribution in [2.45, 2.75) is 108 Å². The van der Waals surface area contributed by atoms with E-state index in [4.69, 9.17) is 14.2 Å². The van der Waals surface area contributed by atoms with Crippen LogP contribution in [0.25, 0.3) is 0 Å². The van der Waals surface area contributed by atoms with Crippen molar-refractivity contribution in [3.8, 4) is 5.75 Å². The predicted octanol–water partition coefficient (Wildman–Crippen LogP) is 2.48. The van der Waals surface area contributed by atoms with Crippen LogP contribution in [0.1, 0.15) is 77.3 Å². The Bertz CT molecular complexity index is 1720. The highest BCUT2D eigenvalue weighted by atomic mass is 32.2. The fraction of sp³-hybridized carbons (Fsp3) is 0.629. The number of rotatable bonds is 6. The first kappa shape index (κ1) is 36.5. The van der Waals surface area contributed by atoms with Gasteiger partial charge in [-0.05, 0) is 48.6 Å². The molecule has 1 saturated heterocycles. The molecule has 6 rings (SSSR count). The van der Waals surface area contributed by atoms with E-state index in [1.807, 2.05) is 37.3 Å². The van der Waals surface area contributed by atoms with Gasteiger partial charge in [0.1, 0.15) is 36.1 Å². The van der Waals surface area contributed by atoms with Crippen LogP contribution in [0, 0.1) is 11.3 Å². The van der Waals surface area contributed by atoms with Crippen LogP contribution in [0.3, 0.4) is 0 Å². The lowest BCUT2D eigenvalue weighted by Crippen LogP contribution is -2.60. The zero-order valence-corrected chi connectivity index (χ0v) is 30.3. The maximum Gasteiger partial charge on any atom is 0.410 e. The van der Waals surface area contributed by atoms with Gasteiger partial charge in [0, 0.05) is 18.5 Å². The van der Waals surface area contributed by atoms with E-state index in [0.29, 0.717) is 31.4 Å². The van der Waals surface area contributed by atoms with Crippen molar-refractivity contribution in [3.05, 3.63) is 41.5 Å². The molecule has 5 atom stereocenters. The Hall–Kier alpha value is -4.34. The Labute approximate surface area is 297 Å². The molecule has 16 heteroatoms. The molecule has 0 spiro atoms. The van der Waals surface area contributed by atoms with Gasteiger partial charge in [-0.25, -0.2) is 18.0 Å². The van der Waals surface area contributed by atoms with Crippen LogP contribution in [0.5, 0.6) is 5.75 Å². The van der Waals surface area contributed by atoms with Gasteiger partial charge in [-0.15, -0.1) is 0 Å². The molecule has 3 N–H and O–H groups in total. The molecule has 5 amide bonds. The third-order valence-electron chi connectivity index (χ3n) is 10.3. The minimum atomic E-state index is -3.88. The van der Waals surface area contributed by atoms with Crippen LogP contribution in [-0.4, -0.2) is 96.9 Å². The zero-order chi connectivity index (χ0) is 36.7. The summed E-state index contributed by atoms with van der Waals surface area (Å²) in [5, 5.41) is 4.83. The number of nitrogens with one attached hydrogen (secondary N) is 3. The molecule has 3 aliphatic heterocycles. The molecule has 1 unspecified atom stereocenters. The van der Waals surface area contributed by atoms with Crippen molar-refractivity contribution < 1.29 is 46.6 Å². The van der Waals surface area contributed by atoms with Crippen molar-refractivity contribution in [1.29, 1.82) is 0 Å². The minimum absolute atomic E-state index is 0.0507. The summed E-state index contributed by atoms with van der Waals surface area (Å²) in [6.07, 6.45) is 3.26. The van der Waals surface area contributed by atoms with Crippen LogP contribution >= 0.6 is 0 Å². The average Bonchev–Trinajstić information content (AvgIpc) is 3.96. The molecule has 3 heterocycles. The number of fused-ring (bicyclic) bond motifs is 3. The van der Waals surface area contributed by atoms with Crippen molar-refractivity contribution in [1.82, 2.24) is 25.2 Å². The fourth-order valence-electron chi connectivity index (χ4n) is 7.06. The SMILES string of the molecule is CC[C@H]1C[C@@]1(NC(=O)C1C[C@@H]2CN1C(=O)[C@H](C(C)(C)C)NC(=O)OCC/C=C/COc1cccc3c1CN(C3)C(=O)O2)C(=O)NS(=O)(=O)C1CC1. The van der Waals surface area contributed by atoms with E-state index in [2.05, 4.69) is 15.4 Å². The molecule has 1 aromatic carbocycles. The van der Waals surface area contributed by atoms with E-state index in [1.165, 1.54) is 9.80 Å². The van der Waals surface area contributed by atoms with Gasteiger partial charge in [-0.3, -0.25) is 24.0 Å². The van der Waals surface area contributed by atoms with E-state index in [9.17, 15) is 32.4 Å². The average molecular weight is 730 g/mol. The highest BCUT2D eigenvalue weighted by Gasteiger charge is 2.62. The normalized spacial score (nSPS) is 29.2. The largest absolute Gasteiger partial charge is 0.489 e. The maximum absolute atomic E-state index is 14.3.